The fourth-order valence-electron chi connectivity index (χ4n) is 4.26. The van der Waals surface area contributed by atoms with Crippen molar-refractivity contribution in [1.29, 1.82) is 0 Å². The summed E-state index contributed by atoms with van der Waals surface area (Å²) in [5.74, 6) is 0.237. The van der Waals surface area contributed by atoms with Crippen molar-refractivity contribution >= 4 is 17.2 Å². The van der Waals surface area contributed by atoms with E-state index in [1.165, 1.54) is 16.7 Å². The first-order valence-electron chi connectivity index (χ1n) is 9.54. The van der Waals surface area contributed by atoms with Crippen LogP contribution < -0.4 is 0 Å². The largest absolute Gasteiger partial charge is 0.379 e. The highest BCUT2D eigenvalue weighted by Gasteiger charge is 2.45. The lowest BCUT2D eigenvalue weighted by molar-refractivity contribution is -0.128. The second-order valence-electron chi connectivity index (χ2n) is 8.09. The number of hydrogen-bond donors (Lipinski definition) is 0. The van der Waals surface area contributed by atoms with Gasteiger partial charge in [0.1, 0.15) is 0 Å². The number of rotatable bonds is 4. The Hall–Kier alpha value is -1.76. The molecule has 2 aliphatic rings. The van der Waals surface area contributed by atoms with Gasteiger partial charge in [-0.1, -0.05) is 23.8 Å². The summed E-state index contributed by atoms with van der Waals surface area (Å²) in [6.45, 7) is 9.90. The first-order valence-corrected chi connectivity index (χ1v) is 10.4. The quantitative estimate of drug-likeness (QED) is 0.812. The summed E-state index contributed by atoms with van der Waals surface area (Å²) >= 11 is 1.61. The maximum atomic E-state index is 12.7. The Labute approximate surface area is 165 Å². The van der Waals surface area contributed by atoms with Crippen LogP contribution in [0.3, 0.4) is 0 Å². The minimum Gasteiger partial charge on any atom is -0.379 e. The van der Waals surface area contributed by atoms with Gasteiger partial charge in [0.15, 0.2) is 0 Å². The van der Waals surface area contributed by atoms with Gasteiger partial charge in [0, 0.05) is 49.1 Å². The zero-order chi connectivity index (χ0) is 18.9. The summed E-state index contributed by atoms with van der Waals surface area (Å²) in [4.78, 5) is 22.4. The van der Waals surface area contributed by atoms with E-state index in [9.17, 15) is 4.79 Å². The van der Waals surface area contributed by atoms with Gasteiger partial charge in [-0.05, 0) is 25.0 Å². The molecule has 144 valence electrons. The van der Waals surface area contributed by atoms with Crippen LogP contribution in [0.2, 0.25) is 0 Å². The highest BCUT2D eigenvalue weighted by atomic mass is 32.1. The van der Waals surface area contributed by atoms with E-state index < -0.39 is 0 Å². The molecular formula is C21H27N3O2S. The highest BCUT2D eigenvalue weighted by Crippen LogP contribution is 2.36. The number of benzene rings is 1. The Morgan fingerprint density at radius 3 is 2.96 bits per heavy atom. The summed E-state index contributed by atoms with van der Waals surface area (Å²) in [6.07, 6.45) is 2.44. The average molecular weight is 386 g/mol. The van der Waals surface area contributed by atoms with Gasteiger partial charge in [0.25, 0.3) is 0 Å². The molecule has 1 atom stereocenters. The predicted molar refractivity (Wildman–Crippen MR) is 107 cm³/mol. The van der Waals surface area contributed by atoms with Gasteiger partial charge in [-0.15, -0.1) is 11.3 Å². The van der Waals surface area contributed by atoms with Crippen molar-refractivity contribution in [3.63, 3.8) is 0 Å². The highest BCUT2D eigenvalue weighted by molar-refractivity contribution is 7.09. The van der Waals surface area contributed by atoms with E-state index in [0.29, 0.717) is 19.6 Å². The lowest BCUT2D eigenvalue weighted by atomic mass is 9.87. The Bertz CT molecular complexity index is 808. The lowest BCUT2D eigenvalue weighted by Gasteiger charge is -2.31. The molecular weight excluding hydrogens is 358 g/mol. The number of aryl methyl sites for hydroxylation is 2. The second kappa shape index (κ2) is 7.70. The molecule has 27 heavy (non-hydrogen) atoms. The zero-order valence-electron chi connectivity index (χ0n) is 16.1. The van der Waals surface area contributed by atoms with Crippen LogP contribution in [0.15, 0.2) is 29.9 Å². The van der Waals surface area contributed by atoms with Gasteiger partial charge in [-0.2, -0.15) is 0 Å². The minimum absolute atomic E-state index is 0.101. The number of carbonyl (C=O) groups is 1. The van der Waals surface area contributed by atoms with Gasteiger partial charge in [-0.25, -0.2) is 0 Å². The summed E-state index contributed by atoms with van der Waals surface area (Å²) in [5.41, 5.74) is 5.72. The number of thiazole rings is 1. The van der Waals surface area contributed by atoms with E-state index in [1.807, 2.05) is 16.6 Å². The van der Waals surface area contributed by atoms with Crippen LogP contribution in [0.25, 0.3) is 0 Å². The second-order valence-corrected chi connectivity index (χ2v) is 9.06. The third-order valence-electron chi connectivity index (χ3n) is 5.65. The van der Waals surface area contributed by atoms with Crippen LogP contribution in [0.5, 0.6) is 0 Å². The fraction of sp³-hybridized carbons (Fsp3) is 0.524. The maximum absolute atomic E-state index is 12.7. The van der Waals surface area contributed by atoms with Crippen molar-refractivity contribution in [2.24, 2.45) is 5.41 Å². The van der Waals surface area contributed by atoms with Crippen LogP contribution in [-0.4, -0.2) is 53.5 Å². The van der Waals surface area contributed by atoms with Crippen LogP contribution >= 0.6 is 11.3 Å². The number of aromatic nitrogens is 1. The van der Waals surface area contributed by atoms with Crippen molar-refractivity contribution in [3.8, 4) is 0 Å². The van der Waals surface area contributed by atoms with Crippen LogP contribution in [-0.2, 0) is 22.6 Å². The summed E-state index contributed by atoms with van der Waals surface area (Å²) < 4.78 is 5.96. The number of nitrogens with zero attached hydrogens (tertiary/aromatic N) is 3. The first-order chi connectivity index (χ1) is 13.0. The van der Waals surface area contributed by atoms with Crippen molar-refractivity contribution in [1.82, 2.24) is 14.8 Å². The topological polar surface area (TPSA) is 45.7 Å². The van der Waals surface area contributed by atoms with Gasteiger partial charge in [-0.3, -0.25) is 14.7 Å². The van der Waals surface area contributed by atoms with E-state index in [4.69, 9.17) is 4.74 Å². The summed E-state index contributed by atoms with van der Waals surface area (Å²) in [5, 5.41) is 0. The van der Waals surface area contributed by atoms with Crippen LogP contribution in [0, 0.1) is 19.3 Å². The van der Waals surface area contributed by atoms with Gasteiger partial charge >= 0.3 is 0 Å². The molecule has 4 rings (SSSR count). The molecule has 0 bridgehead atoms. The Morgan fingerprint density at radius 1 is 1.26 bits per heavy atom. The average Bonchev–Trinajstić information content (AvgIpc) is 3.18. The molecule has 0 aliphatic carbocycles. The number of ether oxygens (including phenoxy) is 1. The van der Waals surface area contributed by atoms with Gasteiger partial charge < -0.3 is 9.64 Å². The lowest BCUT2D eigenvalue weighted by Crippen LogP contribution is -2.40. The molecule has 3 heterocycles. The fourth-order valence-corrected chi connectivity index (χ4v) is 4.87. The van der Waals surface area contributed by atoms with Crippen molar-refractivity contribution in [3.05, 3.63) is 51.5 Å². The molecule has 0 N–H and O–H groups in total. The van der Waals surface area contributed by atoms with Gasteiger partial charge in [0.2, 0.25) is 5.91 Å². The molecule has 6 heteroatoms. The summed E-state index contributed by atoms with van der Waals surface area (Å²) in [7, 11) is 0. The van der Waals surface area contributed by atoms with E-state index in [2.05, 4.69) is 41.9 Å². The molecule has 0 radical (unpaired) electrons. The van der Waals surface area contributed by atoms with E-state index in [1.54, 1.807) is 11.3 Å². The Morgan fingerprint density at radius 2 is 2.15 bits per heavy atom. The van der Waals surface area contributed by atoms with Crippen molar-refractivity contribution < 1.29 is 9.53 Å². The Kier molecular flexibility index (Phi) is 5.30. The molecule has 1 amide bonds. The molecule has 2 fully saturated rings. The molecule has 5 nitrogen and oxygen atoms in total. The van der Waals surface area contributed by atoms with Crippen molar-refractivity contribution in [2.75, 3.05) is 32.8 Å². The normalized spacial score (nSPS) is 23.9. The summed E-state index contributed by atoms with van der Waals surface area (Å²) in [6, 6.07) is 6.65. The third kappa shape index (κ3) is 4.23. The van der Waals surface area contributed by atoms with Crippen LogP contribution in [0.4, 0.5) is 0 Å². The van der Waals surface area contributed by atoms with Crippen LogP contribution in [0.1, 0.15) is 28.0 Å². The van der Waals surface area contributed by atoms with Crippen molar-refractivity contribution in [2.45, 2.75) is 33.4 Å². The number of likely N-dealkylation sites (tertiary alicyclic amines) is 1. The van der Waals surface area contributed by atoms with E-state index in [0.717, 1.165) is 37.7 Å². The molecule has 2 aromatic rings. The molecule has 2 saturated heterocycles. The molecule has 1 aromatic heterocycles. The minimum atomic E-state index is -0.101. The number of carbonyl (C=O) groups excluding carboxylic acids is 1. The smallest absolute Gasteiger partial charge is 0.223 e. The number of amides is 1. The van der Waals surface area contributed by atoms with Gasteiger partial charge in [0.05, 0.1) is 25.3 Å². The third-order valence-corrected chi connectivity index (χ3v) is 6.42. The number of hydrogen-bond acceptors (Lipinski definition) is 5. The molecule has 1 spiro atoms. The molecule has 2 aliphatic heterocycles. The van der Waals surface area contributed by atoms with E-state index in [-0.39, 0.29) is 11.3 Å². The monoisotopic (exact) mass is 385 g/mol. The Balaban J connectivity index is 1.48. The maximum Gasteiger partial charge on any atom is 0.223 e. The predicted octanol–water partition coefficient (Wildman–Crippen LogP) is 3.01. The van der Waals surface area contributed by atoms with E-state index >= 15 is 0 Å². The SMILES string of the molecule is Cc1ccc(C)c(CN2CCOCC3(CC(=O)N(Cc4cncs4)C3)C2)c1. The standard InChI is InChI=1S/C21H27N3O2S/c1-16-3-4-17(2)18(7-16)10-23-5-6-26-14-21(12-23)8-20(25)24(13-21)11-19-9-22-15-27-19/h3-4,7,9,15H,5-6,8,10-14H2,1-2H3. The molecule has 1 aromatic carbocycles. The molecule has 1 unspecified atom stereocenters. The zero-order valence-corrected chi connectivity index (χ0v) is 16.9. The molecule has 0 saturated carbocycles. The first kappa shape index (κ1) is 18.6.